The van der Waals surface area contributed by atoms with E-state index in [2.05, 4.69) is 10.5 Å². The zero-order chi connectivity index (χ0) is 14.8. The summed E-state index contributed by atoms with van der Waals surface area (Å²) >= 11 is 11.9. The summed E-state index contributed by atoms with van der Waals surface area (Å²) in [7, 11) is 0. The van der Waals surface area contributed by atoms with Crippen molar-refractivity contribution < 1.29 is 9.21 Å². The van der Waals surface area contributed by atoms with Gasteiger partial charge in [-0.2, -0.15) is 5.10 Å². The molecular weight excluding hydrogens is 311 g/mol. The Hall–Kier alpha value is -1.78. The molecule has 1 fully saturated rings. The predicted molar refractivity (Wildman–Crippen MR) is 82.6 cm³/mol. The number of amides is 1. The van der Waals surface area contributed by atoms with Crippen molar-refractivity contribution in [2.75, 3.05) is 0 Å². The molecule has 0 radical (unpaired) electrons. The number of furan rings is 1. The van der Waals surface area contributed by atoms with Crippen molar-refractivity contribution in [3.05, 3.63) is 46.1 Å². The van der Waals surface area contributed by atoms with Gasteiger partial charge in [-0.05, 0) is 43.2 Å². The average Bonchev–Trinajstić information content (AvgIpc) is 3.22. The van der Waals surface area contributed by atoms with Gasteiger partial charge in [0.05, 0.1) is 16.3 Å². The van der Waals surface area contributed by atoms with E-state index < -0.39 is 0 Å². The summed E-state index contributed by atoms with van der Waals surface area (Å²) in [4.78, 5) is 11.4. The highest BCUT2D eigenvalue weighted by atomic mass is 35.5. The second kappa shape index (κ2) is 5.92. The summed E-state index contributed by atoms with van der Waals surface area (Å²) < 4.78 is 5.62. The van der Waals surface area contributed by atoms with Crippen LogP contribution in [-0.2, 0) is 4.79 Å². The van der Waals surface area contributed by atoms with Gasteiger partial charge in [0.2, 0.25) is 5.91 Å². The molecule has 3 rings (SSSR count). The van der Waals surface area contributed by atoms with E-state index in [0.29, 0.717) is 21.6 Å². The molecule has 1 saturated carbocycles. The Kier molecular flexibility index (Phi) is 3.99. The molecule has 4 nitrogen and oxygen atoms in total. The molecule has 0 unspecified atom stereocenters. The summed E-state index contributed by atoms with van der Waals surface area (Å²) in [5.74, 6) is 1.30. The molecule has 1 heterocycles. The number of nitrogens with one attached hydrogen (secondary N) is 1. The van der Waals surface area contributed by atoms with E-state index in [1.54, 1.807) is 18.2 Å². The van der Waals surface area contributed by atoms with Crippen LogP contribution in [0.1, 0.15) is 18.6 Å². The number of hydrogen-bond donors (Lipinski definition) is 1. The summed E-state index contributed by atoms with van der Waals surface area (Å²) in [6.07, 6.45) is 3.37. The van der Waals surface area contributed by atoms with Crippen molar-refractivity contribution in [2.24, 2.45) is 11.0 Å². The first kappa shape index (κ1) is 14.2. The maximum Gasteiger partial charge on any atom is 0.243 e. The Balaban J connectivity index is 1.69. The van der Waals surface area contributed by atoms with Crippen LogP contribution in [0.5, 0.6) is 0 Å². The molecule has 1 aliphatic rings. The van der Waals surface area contributed by atoms with Gasteiger partial charge in [-0.15, -0.1) is 0 Å². The Labute approximate surface area is 131 Å². The molecular formula is C15H12Cl2N2O2. The maximum atomic E-state index is 11.4. The monoisotopic (exact) mass is 322 g/mol. The molecule has 0 spiro atoms. The highest BCUT2D eigenvalue weighted by Gasteiger charge is 2.29. The van der Waals surface area contributed by atoms with E-state index in [9.17, 15) is 4.79 Å². The molecule has 108 valence electrons. The van der Waals surface area contributed by atoms with Crippen molar-refractivity contribution in [1.82, 2.24) is 5.43 Å². The van der Waals surface area contributed by atoms with Crippen LogP contribution in [0.15, 0.2) is 39.9 Å². The first-order valence-electron chi connectivity index (χ1n) is 6.51. The zero-order valence-electron chi connectivity index (χ0n) is 11.0. The van der Waals surface area contributed by atoms with Gasteiger partial charge in [-0.25, -0.2) is 5.43 Å². The Morgan fingerprint density at radius 3 is 2.76 bits per heavy atom. The molecule has 1 aromatic heterocycles. The topological polar surface area (TPSA) is 54.6 Å². The molecule has 0 aliphatic heterocycles. The minimum Gasteiger partial charge on any atom is -0.455 e. The Morgan fingerprint density at radius 2 is 2.05 bits per heavy atom. The molecule has 0 atom stereocenters. The highest BCUT2D eigenvalue weighted by Crippen LogP contribution is 2.30. The number of halogens is 2. The molecule has 6 heteroatoms. The fourth-order valence-corrected chi connectivity index (χ4v) is 2.12. The van der Waals surface area contributed by atoms with Gasteiger partial charge in [0.1, 0.15) is 11.5 Å². The molecule has 1 N–H and O–H groups in total. The van der Waals surface area contributed by atoms with E-state index in [4.69, 9.17) is 27.6 Å². The largest absolute Gasteiger partial charge is 0.455 e. The third-order valence-electron chi connectivity index (χ3n) is 3.15. The maximum absolute atomic E-state index is 11.4. The molecule has 21 heavy (non-hydrogen) atoms. The van der Waals surface area contributed by atoms with Gasteiger partial charge in [-0.3, -0.25) is 4.79 Å². The number of nitrogens with zero attached hydrogens (tertiary/aromatic N) is 1. The van der Waals surface area contributed by atoms with Crippen LogP contribution in [0, 0.1) is 5.92 Å². The lowest BCUT2D eigenvalue weighted by Crippen LogP contribution is -2.18. The molecule has 2 aromatic rings. The van der Waals surface area contributed by atoms with Crippen molar-refractivity contribution in [3.8, 4) is 11.3 Å². The van der Waals surface area contributed by atoms with Crippen LogP contribution in [0.2, 0.25) is 10.0 Å². The lowest BCUT2D eigenvalue weighted by atomic mass is 10.2. The van der Waals surface area contributed by atoms with Gasteiger partial charge in [0, 0.05) is 11.5 Å². The molecule has 1 aliphatic carbocycles. The fraction of sp³-hybridized carbons (Fsp3) is 0.200. The third-order valence-corrected chi connectivity index (χ3v) is 3.88. The minimum atomic E-state index is -0.0393. The lowest BCUT2D eigenvalue weighted by Gasteiger charge is -1.99. The zero-order valence-corrected chi connectivity index (χ0v) is 12.5. The summed E-state index contributed by atoms with van der Waals surface area (Å²) in [5.41, 5.74) is 3.32. The van der Waals surface area contributed by atoms with Crippen molar-refractivity contribution in [1.29, 1.82) is 0 Å². The summed E-state index contributed by atoms with van der Waals surface area (Å²) in [6, 6.07) is 8.85. The number of carbonyl (C=O) groups is 1. The first-order chi connectivity index (χ1) is 10.1. The van der Waals surface area contributed by atoms with Gasteiger partial charge >= 0.3 is 0 Å². The Bertz CT molecular complexity index is 705. The third kappa shape index (κ3) is 3.46. The lowest BCUT2D eigenvalue weighted by molar-refractivity contribution is -0.122. The normalized spacial score (nSPS) is 14.6. The van der Waals surface area contributed by atoms with E-state index in [1.165, 1.54) is 6.21 Å². The van der Waals surface area contributed by atoms with E-state index in [0.717, 1.165) is 18.4 Å². The van der Waals surface area contributed by atoms with Gasteiger partial charge in [0.15, 0.2) is 0 Å². The number of benzene rings is 1. The van der Waals surface area contributed by atoms with E-state index in [1.807, 2.05) is 12.1 Å². The van der Waals surface area contributed by atoms with E-state index in [-0.39, 0.29) is 11.8 Å². The molecule has 0 bridgehead atoms. The standard InChI is InChI=1S/C15H12Cl2N2O2/c16-12-5-3-10(7-13(12)17)14-6-4-11(21-14)8-18-19-15(20)9-1-2-9/h3-9H,1-2H2,(H,19,20)/b18-8-. The second-order valence-corrected chi connectivity index (χ2v) is 5.65. The van der Waals surface area contributed by atoms with Crippen LogP contribution < -0.4 is 5.43 Å². The van der Waals surface area contributed by atoms with Crippen molar-refractivity contribution in [2.45, 2.75) is 12.8 Å². The van der Waals surface area contributed by atoms with Crippen LogP contribution in [0.3, 0.4) is 0 Å². The van der Waals surface area contributed by atoms with Crippen LogP contribution >= 0.6 is 23.2 Å². The SMILES string of the molecule is O=C(N/N=C\c1ccc(-c2ccc(Cl)c(Cl)c2)o1)C1CC1. The van der Waals surface area contributed by atoms with Crippen molar-refractivity contribution in [3.63, 3.8) is 0 Å². The number of hydrogen-bond acceptors (Lipinski definition) is 3. The van der Waals surface area contributed by atoms with Gasteiger partial charge in [-0.1, -0.05) is 23.2 Å². The molecule has 1 amide bonds. The van der Waals surface area contributed by atoms with Crippen molar-refractivity contribution >= 4 is 35.3 Å². The van der Waals surface area contributed by atoms with E-state index >= 15 is 0 Å². The quantitative estimate of drug-likeness (QED) is 0.680. The van der Waals surface area contributed by atoms with Crippen LogP contribution in [0.4, 0.5) is 0 Å². The number of rotatable bonds is 4. The first-order valence-corrected chi connectivity index (χ1v) is 7.27. The minimum absolute atomic E-state index is 0.0393. The second-order valence-electron chi connectivity index (χ2n) is 4.84. The number of hydrazone groups is 1. The fourth-order valence-electron chi connectivity index (χ4n) is 1.82. The van der Waals surface area contributed by atoms with Crippen LogP contribution in [0.25, 0.3) is 11.3 Å². The average molecular weight is 323 g/mol. The van der Waals surface area contributed by atoms with Gasteiger partial charge < -0.3 is 4.42 Å². The highest BCUT2D eigenvalue weighted by molar-refractivity contribution is 6.42. The summed E-state index contributed by atoms with van der Waals surface area (Å²) in [5, 5.41) is 4.84. The van der Waals surface area contributed by atoms with Crippen LogP contribution in [-0.4, -0.2) is 12.1 Å². The predicted octanol–water partition coefficient (Wildman–Crippen LogP) is 4.11. The smallest absolute Gasteiger partial charge is 0.243 e. The molecule has 1 aromatic carbocycles. The molecule has 0 saturated heterocycles. The van der Waals surface area contributed by atoms with Gasteiger partial charge in [0.25, 0.3) is 0 Å². The number of carbonyl (C=O) groups excluding carboxylic acids is 1. The summed E-state index contributed by atoms with van der Waals surface area (Å²) in [6.45, 7) is 0. The Morgan fingerprint density at radius 1 is 1.24 bits per heavy atom.